The lowest BCUT2D eigenvalue weighted by molar-refractivity contribution is 0.0174. The SMILES string of the molecule is NCC(c1ccc(O)cc1O)N1CCOCC1. The lowest BCUT2D eigenvalue weighted by atomic mass is 10.0. The van der Waals surface area contributed by atoms with E-state index < -0.39 is 0 Å². The predicted octanol–water partition coefficient (Wildman–Crippen LogP) is 0.430. The molecule has 5 heteroatoms. The van der Waals surface area contributed by atoms with E-state index in [4.69, 9.17) is 10.5 Å². The predicted molar refractivity (Wildman–Crippen MR) is 64.0 cm³/mol. The Labute approximate surface area is 100 Å². The second-order valence-corrected chi connectivity index (χ2v) is 4.14. The molecular weight excluding hydrogens is 220 g/mol. The number of rotatable bonds is 3. The number of hydrogen-bond acceptors (Lipinski definition) is 5. The average Bonchev–Trinajstić information content (AvgIpc) is 2.34. The van der Waals surface area contributed by atoms with Crippen molar-refractivity contribution in [2.75, 3.05) is 32.8 Å². The fraction of sp³-hybridized carbons (Fsp3) is 0.500. The van der Waals surface area contributed by atoms with E-state index in [-0.39, 0.29) is 17.5 Å². The van der Waals surface area contributed by atoms with E-state index in [1.165, 1.54) is 6.07 Å². The average molecular weight is 238 g/mol. The van der Waals surface area contributed by atoms with Crippen molar-refractivity contribution in [3.8, 4) is 11.5 Å². The van der Waals surface area contributed by atoms with Crippen LogP contribution in [-0.4, -0.2) is 48.0 Å². The van der Waals surface area contributed by atoms with Gasteiger partial charge in [0, 0.05) is 31.3 Å². The van der Waals surface area contributed by atoms with Gasteiger partial charge in [-0.05, 0) is 6.07 Å². The molecule has 0 aromatic heterocycles. The number of nitrogens with zero attached hydrogens (tertiary/aromatic N) is 1. The maximum Gasteiger partial charge on any atom is 0.124 e. The Hall–Kier alpha value is -1.30. The molecule has 0 spiro atoms. The molecule has 0 saturated carbocycles. The highest BCUT2D eigenvalue weighted by Crippen LogP contribution is 2.31. The lowest BCUT2D eigenvalue weighted by Crippen LogP contribution is -2.41. The highest BCUT2D eigenvalue weighted by molar-refractivity contribution is 5.41. The number of morpholine rings is 1. The minimum atomic E-state index is -0.0282. The van der Waals surface area contributed by atoms with Crippen LogP contribution >= 0.6 is 0 Å². The van der Waals surface area contributed by atoms with Crippen LogP contribution in [0.15, 0.2) is 18.2 Å². The molecular formula is C12H18N2O3. The fourth-order valence-corrected chi connectivity index (χ4v) is 2.18. The first-order valence-corrected chi connectivity index (χ1v) is 5.76. The van der Waals surface area contributed by atoms with Crippen molar-refractivity contribution >= 4 is 0 Å². The molecule has 17 heavy (non-hydrogen) atoms. The molecule has 1 atom stereocenters. The quantitative estimate of drug-likeness (QED) is 0.711. The topological polar surface area (TPSA) is 79.0 Å². The van der Waals surface area contributed by atoms with Gasteiger partial charge in [0.25, 0.3) is 0 Å². The van der Waals surface area contributed by atoms with Gasteiger partial charge in [0.05, 0.1) is 19.3 Å². The second-order valence-electron chi connectivity index (χ2n) is 4.14. The molecule has 1 aliphatic rings. The number of phenols is 2. The monoisotopic (exact) mass is 238 g/mol. The Morgan fingerprint density at radius 2 is 2.00 bits per heavy atom. The number of nitrogens with two attached hydrogens (primary N) is 1. The number of ether oxygens (including phenoxy) is 1. The maximum absolute atomic E-state index is 9.85. The molecule has 1 heterocycles. The Bertz CT molecular complexity index is 378. The summed E-state index contributed by atoms with van der Waals surface area (Å²) >= 11 is 0. The third-order valence-electron chi connectivity index (χ3n) is 3.08. The first-order valence-electron chi connectivity index (χ1n) is 5.76. The standard InChI is InChI=1S/C12H18N2O3/c13-8-11(14-3-5-17-6-4-14)10-2-1-9(15)7-12(10)16/h1-2,7,11,15-16H,3-6,8,13H2. The lowest BCUT2D eigenvalue weighted by Gasteiger charge is -2.34. The third kappa shape index (κ3) is 2.69. The molecule has 2 rings (SSSR count). The van der Waals surface area contributed by atoms with Gasteiger partial charge in [0.1, 0.15) is 11.5 Å². The Kier molecular flexibility index (Phi) is 3.83. The van der Waals surface area contributed by atoms with Crippen LogP contribution < -0.4 is 5.73 Å². The Morgan fingerprint density at radius 3 is 2.59 bits per heavy atom. The summed E-state index contributed by atoms with van der Waals surface area (Å²) in [5.41, 5.74) is 6.54. The van der Waals surface area contributed by atoms with E-state index in [1.54, 1.807) is 12.1 Å². The molecule has 94 valence electrons. The molecule has 1 fully saturated rings. The van der Waals surface area contributed by atoms with E-state index in [2.05, 4.69) is 4.90 Å². The van der Waals surface area contributed by atoms with Crippen LogP contribution in [0.25, 0.3) is 0 Å². The van der Waals surface area contributed by atoms with Crippen LogP contribution in [0.1, 0.15) is 11.6 Å². The summed E-state index contributed by atoms with van der Waals surface area (Å²) in [4.78, 5) is 2.19. The van der Waals surface area contributed by atoms with Gasteiger partial charge >= 0.3 is 0 Å². The molecule has 0 bridgehead atoms. The van der Waals surface area contributed by atoms with Crippen molar-refractivity contribution in [2.45, 2.75) is 6.04 Å². The van der Waals surface area contributed by atoms with E-state index >= 15 is 0 Å². The Morgan fingerprint density at radius 1 is 1.29 bits per heavy atom. The molecule has 1 unspecified atom stereocenters. The zero-order valence-corrected chi connectivity index (χ0v) is 9.67. The van der Waals surface area contributed by atoms with E-state index in [1.807, 2.05) is 0 Å². The zero-order chi connectivity index (χ0) is 12.3. The molecule has 0 aliphatic carbocycles. The minimum absolute atomic E-state index is 0.0282. The minimum Gasteiger partial charge on any atom is -0.508 e. The molecule has 4 N–H and O–H groups in total. The first kappa shape index (κ1) is 12.2. The van der Waals surface area contributed by atoms with E-state index in [9.17, 15) is 10.2 Å². The van der Waals surface area contributed by atoms with Gasteiger partial charge < -0.3 is 20.7 Å². The molecule has 1 aromatic carbocycles. The van der Waals surface area contributed by atoms with Gasteiger partial charge in [-0.25, -0.2) is 0 Å². The molecule has 1 aliphatic heterocycles. The van der Waals surface area contributed by atoms with Gasteiger partial charge in [-0.15, -0.1) is 0 Å². The van der Waals surface area contributed by atoms with Crippen LogP contribution in [0.2, 0.25) is 0 Å². The second kappa shape index (κ2) is 5.35. The normalized spacial score (nSPS) is 19.1. The summed E-state index contributed by atoms with van der Waals surface area (Å²) in [7, 11) is 0. The van der Waals surface area contributed by atoms with Crippen molar-refractivity contribution in [3.05, 3.63) is 23.8 Å². The highest BCUT2D eigenvalue weighted by atomic mass is 16.5. The summed E-state index contributed by atoms with van der Waals surface area (Å²) in [5, 5.41) is 19.1. The smallest absolute Gasteiger partial charge is 0.124 e. The van der Waals surface area contributed by atoms with Crippen molar-refractivity contribution < 1.29 is 14.9 Å². The van der Waals surface area contributed by atoms with Crippen LogP contribution in [0.4, 0.5) is 0 Å². The number of phenolic OH excluding ortho intramolecular Hbond substituents is 2. The molecule has 0 radical (unpaired) electrons. The third-order valence-corrected chi connectivity index (χ3v) is 3.08. The maximum atomic E-state index is 9.85. The van der Waals surface area contributed by atoms with Crippen molar-refractivity contribution in [3.63, 3.8) is 0 Å². The van der Waals surface area contributed by atoms with Gasteiger partial charge in [0.2, 0.25) is 0 Å². The van der Waals surface area contributed by atoms with Crippen LogP contribution in [0.3, 0.4) is 0 Å². The number of aromatic hydroxyl groups is 2. The van der Waals surface area contributed by atoms with Gasteiger partial charge in [0.15, 0.2) is 0 Å². The van der Waals surface area contributed by atoms with Crippen LogP contribution in [-0.2, 0) is 4.74 Å². The summed E-state index contributed by atoms with van der Waals surface area (Å²) in [6, 6.07) is 4.60. The summed E-state index contributed by atoms with van der Waals surface area (Å²) in [6.45, 7) is 3.42. The molecule has 5 nitrogen and oxygen atoms in total. The van der Waals surface area contributed by atoms with E-state index in [0.717, 1.165) is 18.7 Å². The summed E-state index contributed by atoms with van der Waals surface area (Å²) in [6.07, 6.45) is 0. The van der Waals surface area contributed by atoms with Crippen LogP contribution in [0.5, 0.6) is 11.5 Å². The summed E-state index contributed by atoms with van der Waals surface area (Å²) < 4.78 is 5.29. The first-order chi connectivity index (χ1) is 8.22. The fourth-order valence-electron chi connectivity index (χ4n) is 2.18. The molecule has 1 aromatic rings. The van der Waals surface area contributed by atoms with E-state index in [0.29, 0.717) is 19.8 Å². The Balaban J connectivity index is 2.21. The van der Waals surface area contributed by atoms with Crippen molar-refractivity contribution in [1.29, 1.82) is 0 Å². The number of hydrogen-bond donors (Lipinski definition) is 3. The van der Waals surface area contributed by atoms with Gasteiger partial charge in [-0.3, -0.25) is 4.90 Å². The van der Waals surface area contributed by atoms with Gasteiger partial charge in [-0.1, -0.05) is 6.07 Å². The molecule has 0 amide bonds. The molecule has 1 saturated heterocycles. The zero-order valence-electron chi connectivity index (χ0n) is 9.67. The summed E-state index contributed by atoms with van der Waals surface area (Å²) in [5.74, 6) is 0.149. The largest absolute Gasteiger partial charge is 0.508 e. The van der Waals surface area contributed by atoms with Crippen molar-refractivity contribution in [1.82, 2.24) is 4.90 Å². The van der Waals surface area contributed by atoms with Crippen LogP contribution in [0, 0.1) is 0 Å². The van der Waals surface area contributed by atoms with Crippen molar-refractivity contribution in [2.24, 2.45) is 5.73 Å². The number of benzene rings is 1. The van der Waals surface area contributed by atoms with Gasteiger partial charge in [-0.2, -0.15) is 0 Å². The highest BCUT2D eigenvalue weighted by Gasteiger charge is 2.23.